The third-order valence-corrected chi connectivity index (χ3v) is 4.19. The van der Waals surface area contributed by atoms with E-state index in [4.69, 9.17) is 4.74 Å². The van der Waals surface area contributed by atoms with Gasteiger partial charge in [0, 0.05) is 44.1 Å². The summed E-state index contributed by atoms with van der Waals surface area (Å²) in [5.41, 5.74) is 1.69. The first-order valence-electron chi connectivity index (χ1n) is 8.63. The standard InChI is InChI=1S/C19H24N4O2/c1-14(2)25-17-6-5-16(13-15(17)3)18(24)22-9-11-23(12-10-22)19-20-7-4-8-21-19/h4-8,13-14H,9-12H2,1-3H3. The second-order valence-electron chi connectivity index (χ2n) is 6.47. The summed E-state index contributed by atoms with van der Waals surface area (Å²) in [7, 11) is 0. The number of aryl methyl sites for hydroxylation is 1. The summed E-state index contributed by atoms with van der Waals surface area (Å²) in [6.45, 7) is 8.77. The van der Waals surface area contributed by atoms with Crippen LogP contribution in [0.4, 0.5) is 5.95 Å². The van der Waals surface area contributed by atoms with E-state index < -0.39 is 0 Å². The molecule has 0 unspecified atom stereocenters. The number of carbonyl (C=O) groups is 1. The van der Waals surface area contributed by atoms with Crippen molar-refractivity contribution in [3.63, 3.8) is 0 Å². The maximum absolute atomic E-state index is 12.8. The predicted octanol–water partition coefficient (Wildman–Crippen LogP) is 2.53. The van der Waals surface area contributed by atoms with Gasteiger partial charge in [-0.15, -0.1) is 0 Å². The van der Waals surface area contributed by atoms with Gasteiger partial charge < -0.3 is 14.5 Å². The second-order valence-corrected chi connectivity index (χ2v) is 6.47. The van der Waals surface area contributed by atoms with E-state index in [1.807, 2.05) is 43.9 Å². The van der Waals surface area contributed by atoms with Crippen molar-refractivity contribution in [1.29, 1.82) is 0 Å². The molecule has 1 aromatic carbocycles. The van der Waals surface area contributed by atoms with Crippen LogP contribution in [0.2, 0.25) is 0 Å². The Morgan fingerprint density at radius 3 is 2.40 bits per heavy atom. The van der Waals surface area contributed by atoms with Gasteiger partial charge >= 0.3 is 0 Å². The lowest BCUT2D eigenvalue weighted by molar-refractivity contribution is 0.0746. The zero-order valence-corrected chi connectivity index (χ0v) is 15.0. The summed E-state index contributed by atoms with van der Waals surface area (Å²) in [6, 6.07) is 7.45. The molecular weight excluding hydrogens is 316 g/mol. The first-order chi connectivity index (χ1) is 12.0. The van der Waals surface area contributed by atoms with Crippen molar-refractivity contribution in [2.75, 3.05) is 31.1 Å². The van der Waals surface area contributed by atoms with E-state index in [-0.39, 0.29) is 12.0 Å². The number of anilines is 1. The lowest BCUT2D eigenvalue weighted by atomic mass is 10.1. The maximum atomic E-state index is 12.8. The van der Waals surface area contributed by atoms with Gasteiger partial charge in [-0.2, -0.15) is 0 Å². The molecule has 0 radical (unpaired) electrons. The van der Waals surface area contributed by atoms with Gasteiger partial charge in [-0.25, -0.2) is 9.97 Å². The number of nitrogens with zero attached hydrogens (tertiary/aromatic N) is 4. The van der Waals surface area contributed by atoms with Gasteiger partial charge in [0.2, 0.25) is 5.95 Å². The number of benzene rings is 1. The Hall–Kier alpha value is -2.63. The van der Waals surface area contributed by atoms with E-state index in [1.54, 1.807) is 18.5 Å². The summed E-state index contributed by atoms with van der Waals surface area (Å²) < 4.78 is 5.74. The topological polar surface area (TPSA) is 58.6 Å². The fourth-order valence-corrected chi connectivity index (χ4v) is 2.92. The molecule has 2 aromatic rings. The summed E-state index contributed by atoms with van der Waals surface area (Å²) in [4.78, 5) is 25.3. The van der Waals surface area contributed by atoms with Crippen LogP contribution in [-0.2, 0) is 0 Å². The molecule has 1 saturated heterocycles. The molecule has 0 atom stereocenters. The molecular formula is C19H24N4O2. The minimum absolute atomic E-state index is 0.0628. The SMILES string of the molecule is Cc1cc(C(=O)N2CCN(c3ncccn3)CC2)ccc1OC(C)C. The molecule has 6 heteroatoms. The number of hydrogen-bond acceptors (Lipinski definition) is 5. The van der Waals surface area contributed by atoms with Gasteiger partial charge in [-0.1, -0.05) is 0 Å². The quantitative estimate of drug-likeness (QED) is 0.856. The molecule has 3 rings (SSSR count). The first kappa shape index (κ1) is 17.2. The van der Waals surface area contributed by atoms with Crippen LogP contribution in [0.3, 0.4) is 0 Å². The Morgan fingerprint density at radius 2 is 1.80 bits per heavy atom. The molecule has 1 fully saturated rings. The molecule has 25 heavy (non-hydrogen) atoms. The van der Waals surface area contributed by atoms with Gasteiger partial charge in [0.15, 0.2) is 0 Å². The van der Waals surface area contributed by atoms with Crippen molar-refractivity contribution >= 4 is 11.9 Å². The van der Waals surface area contributed by atoms with E-state index in [2.05, 4.69) is 14.9 Å². The molecule has 0 bridgehead atoms. The number of rotatable bonds is 4. The van der Waals surface area contributed by atoms with Crippen LogP contribution >= 0.6 is 0 Å². The highest BCUT2D eigenvalue weighted by atomic mass is 16.5. The van der Waals surface area contributed by atoms with Crippen molar-refractivity contribution in [3.8, 4) is 5.75 Å². The minimum atomic E-state index is 0.0628. The smallest absolute Gasteiger partial charge is 0.253 e. The number of piperazine rings is 1. The fraction of sp³-hybridized carbons (Fsp3) is 0.421. The highest BCUT2D eigenvalue weighted by Gasteiger charge is 2.23. The monoisotopic (exact) mass is 340 g/mol. The van der Waals surface area contributed by atoms with Gasteiger partial charge in [0.1, 0.15) is 5.75 Å². The summed E-state index contributed by atoms with van der Waals surface area (Å²) in [5, 5.41) is 0. The van der Waals surface area contributed by atoms with Crippen LogP contribution in [0.25, 0.3) is 0 Å². The number of ether oxygens (including phenoxy) is 1. The Morgan fingerprint density at radius 1 is 1.12 bits per heavy atom. The van der Waals surface area contributed by atoms with Crippen molar-refractivity contribution in [2.24, 2.45) is 0 Å². The molecule has 1 aliphatic heterocycles. The molecule has 1 aliphatic rings. The first-order valence-corrected chi connectivity index (χ1v) is 8.63. The third kappa shape index (κ3) is 4.07. The fourth-order valence-electron chi connectivity index (χ4n) is 2.92. The Bertz CT molecular complexity index is 725. The maximum Gasteiger partial charge on any atom is 0.253 e. The van der Waals surface area contributed by atoms with E-state index in [0.717, 1.165) is 30.4 Å². The van der Waals surface area contributed by atoms with Crippen LogP contribution in [0, 0.1) is 6.92 Å². The van der Waals surface area contributed by atoms with Gasteiger partial charge in [-0.3, -0.25) is 4.79 Å². The predicted molar refractivity (Wildman–Crippen MR) is 97.1 cm³/mol. The normalized spacial score (nSPS) is 14.7. The van der Waals surface area contributed by atoms with Crippen LogP contribution < -0.4 is 9.64 Å². The third-order valence-electron chi connectivity index (χ3n) is 4.19. The Labute approximate surface area is 148 Å². The van der Waals surface area contributed by atoms with Gasteiger partial charge in [-0.05, 0) is 50.6 Å². The van der Waals surface area contributed by atoms with Crippen LogP contribution in [-0.4, -0.2) is 53.1 Å². The largest absolute Gasteiger partial charge is 0.491 e. The summed E-state index contributed by atoms with van der Waals surface area (Å²) >= 11 is 0. The van der Waals surface area contributed by atoms with Crippen LogP contribution in [0.15, 0.2) is 36.7 Å². The average molecular weight is 340 g/mol. The van der Waals surface area contributed by atoms with Crippen LogP contribution in [0.5, 0.6) is 5.75 Å². The molecule has 6 nitrogen and oxygen atoms in total. The molecule has 0 aliphatic carbocycles. The molecule has 2 heterocycles. The van der Waals surface area contributed by atoms with Crippen molar-refractivity contribution in [3.05, 3.63) is 47.8 Å². The van der Waals surface area contributed by atoms with Crippen molar-refractivity contribution in [2.45, 2.75) is 26.9 Å². The molecule has 0 N–H and O–H groups in total. The van der Waals surface area contributed by atoms with Crippen molar-refractivity contribution < 1.29 is 9.53 Å². The number of aromatic nitrogens is 2. The lowest BCUT2D eigenvalue weighted by Crippen LogP contribution is -2.49. The van der Waals surface area contributed by atoms with Crippen molar-refractivity contribution in [1.82, 2.24) is 14.9 Å². The minimum Gasteiger partial charge on any atom is -0.491 e. The number of carbonyl (C=O) groups excluding carboxylic acids is 1. The summed E-state index contributed by atoms with van der Waals surface area (Å²) in [5.74, 6) is 1.62. The highest BCUT2D eigenvalue weighted by molar-refractivity contribution is 5.94. The zero-order chi connectivity index (χ0) is 17.8. The Kier molecular flexibility index (Phi) is 5.16. The highest BCUT2D eigenvalue weighted by Crippen LogP contribution is 2.22. The second kappa shape index (κ2) is 7.51. The van der Waals surface area contributed by atoms with Gasteiger partial charge in [0.25, 0.3) is 5.91 Å². The molecule has 1 aromatic heterocycles. The molecule has 132 valence electrons. The average Bonchev–Trinajstić information content (AvgIpc) is 2.63. The number of amides is 1. The zero-order valence-electron chi connectivity index (χ0n) is 15.0. The molecule has 1 amide bonds. The van der Waals surface area contributed by atoms with E-state index in [0.29, 0.717) is 18.7 Å². The molecule has 0 saturated carbocycles. The number of hydrogen-bond donors (Lipinski definition) is 0. The summed E-state index contributed by atoms with van der Waals surface area (Å²) in [6.07, 6.45) is 3.60. The van der Waals surface area contributed by atoms with E-state index in [1.165, 1.54) is 0 Å². The lowest BCUT2D eigenvalue weighted by Gasteiger charge is -2.34. The van der Waals surface area contributed by atoms with E-state index >= 15 is 0 Å². The molecule has 0 spiro atoms. The van der Waals surface area contributed by atoms with Crippen LogP contribution in [0.1, 0.15) is 29.8 Å². The van der Waals surface area contributed by atoms with Gasteiger partial charge in [0.05, 0.1) is 6.10 Å². The Balaban J connectivity index is 1.64. The van der Waals surface area contributed by atoms with E-state index in [9.17, 15) is 4.79 Å².